The Hall–Kier alpha value is -3.13. The van der Waals surface area contributed by atoms with Crippen molar-refractivity contribution in [2.45, 2.75) is 89.1 Å². The van der Waals surface area contributed by atoms with E-state index in [0.29, 0.717) is 18.2 Å². The molecule has 0 unspecified atom stereocenters. The fourth-order valence-corrected chi connectivity index (χ4v) is 5.85. The highest BCUT2D eigenvalue weighted by molar-refractivity contribution is 5.79. The summed E-state index contributed by atoms with van der Waals surface area (Å²) in [5.41, 5.74) is 0.709. The Morgan fingerprint density at radius 3 is 2.33 bits per heavy atom. The van der Waals surface area contributed by atoms with Crippen molar-refractivity contribution < 1.29 is 50.6 Å². The molecule has 45 heavy (non-hydrogen) atoms. The second-order valence-corrected chi connectivity index (χ2v) is 11.5. The zero-order valence-electron chi connectivity index (χ0n) is 25.1. The van der Waals surface area contributed by atoms with Gasteiger partial charge in [-0.1, -0.05) is 56.0 Å². The zero-order valence-corrected chi connectivity index (χ0v) is 25.1. The van der Waals surface area contributed by atoms with Crippen LogP contribution in [0, 0.1) is 17.6 Å². The molecule has 248 valence electrons. The summed E-state index contributed by atoms with van der Waals surface area (Å²) in [6.07, 6.45) is -0.620. The maximum atomic E-state index is 14.2. The van der Waals surface area contributed by atoms with Gasteiger partial charge in [-0.15, -0.1) is 0 Å². The van der Waals surface area contributed by atoms with Crippen LogP contribution in [0.1, 0.15) is 56.6 Å². The number of morpholine rings is 1. The van der Waals surface area contributed by atoms with Crippen molar-refractivity contribution in [3.8, 4) is 0 Å². The summed E-state index contributed by atoms with van der Waals surface area (Å²) in [6.45, 7) is 1.53. The van der Waals surface area contributed by atoms with Crippen molar-refractivity contribution in [2.24, 2.45) is 5.92 Å². The monoisotopic (exact) mass is 642 g/mol. The van der Waals surface area contributed by atoms with Crippen molar-refractivity contribution >= 4 is 11.9 Å². The number of carbonyl (C=O) groups excluding carboxylic acids is 2. The zero-order chi connectivity index (χ0) is 32.4. The van der Waals surface area contributed by atoms with Crippen LogP contribution in [0.5, 0.6) is 0 Å². The average molecular weight is 643 g/mol. The lowest BCUT2D eigenvalue weighted by Crippen LogP contribution is -2.61. The van der Waals surface area contributed by atoms with Gasteiger partial charge in [-0.05, 0) is 48.4 Å². The van der Waals surface area contributed by atoms with Crippen LogP contribution in [0.15, 0.2) is 48.5 Å². The van der Waals surface area contributed by atoms with Gasteiger partial charge in [0.15, 0.2) is 6.29 Å². The molecule has 1 saturated heterocycles. The van der Waals surface area contributed by atoms with Gasteiger partial charge in [-0.2, -0.15) is 18.2 Å². The molecule has 8 nitrogen and oxygen atoms in total. The molecule has 2 aromatic rings. The van der Waals surface area contributed by atoms with Crippen LogP contribution in [0.25, 0.3) is 0 Å². The maximum Gasteiger partial charge on any atom is 0.493 e. The molecule has 1 heterocycles. The smallest absolute Gasteiger partial charge is 0.370 e. The molecule has 0 aromatic heterocycles. The molecule has 0 spiro atoms. The van der Waals surface area contributed by atoms with E-state index in [1.54, 1.807) is 30.3 Å². The number of hydroxylamine groups is 2. The predicted octanol–water partition coefficient (Wildman–Crippen LogP) is 5.63. The van der Waals surface area contributed by atoms with E-state index in [1.165, 1.54) is 25.7 Å². The largest absolute Gasteiger partial charge is 0.493 e. The van der Waals surface area contributed by atoms with Gasteiger partial charge in [-0.25, -0.2) is 13.6 Å². The van der Waals surface area contributed by atoms with Crippen molar-refractivity contribution in [1.82, 2.24) is 10.4 Å². The molecule has 4 rings (SSSR count). The first-order valence-corrected chi connectivity index (χ1v) is 15.2. The number of amides is 1. The highest BCUT2D eigenvalue weighted by Gasteiger charge is 2.46. The lowest BCUT2D eigenvalue weighted by molar-refractivity contribution is -0.252. The number of alkyl halides is 3. The van der Waals surface area contributed by atoms with Crippen LogP contribution in [-0.2, 0) is 41.7 Å². The van der Waals surface area contributed by atoms with E-state index in [1.807, 2.05) is 0 Å². The summed E-state index contributed by atoms with van der Waals surface area (Å²) in [5.74, 6) is -4.82. The molecule has 1 amide bonds. The predicted molar refractivity (Wildman–Crippen MR) is 152 cm³/mol. The second kappa shape index (κ2) is 16.4. The standard InChI is InChI=1S/C32H39F5N2O6/c1-21(40)39(45-31(41)32(35,36)37)28(16-24-14-25(33)17-26(34)15-24)30(44-19-23-10-3-2-4-11-23)27-20-43-29(18-38-27)42-13-7-12-22-8-5-6-9-22/h2-4,10-11,14-15,17,22,27-30,38H,5-9,12-13,16,18-20H2,1H3/t27-,28+,29+,30+/m1/s1. The van der Waals surface area contributed by atoms with Crippen LogP contribution in [-0.4, -0.2) is 67.4 Å². The summed E-state index contributed by atoms with van der Waals surface area (Å²) >= 11 is 0. The average Bonchev–Trinajstić information content (AvgIpc) is 3.51. The third-order valence-corrected chi connectivity index (χ3v) is 8.00. The summed E-state index contributed by atoms with van der Waals surface area (Å²) in [6, 6.07) is 9.25. The Balaban J connectivity index is 1.55. The van der Waals surface area contributed by atoms with Crippen LogP contribution < -0.4 is 5.32 Å². The van der Waals surface area contributed by atoms with E-state index >= 15 is 0 Å². The normalized spacial score (nSPS) is 20.5. The summed E-state index contributed by atoms with van der Waals surface area (Å²) in [7, 11) is 0. The highest BCUT2D eigenvalue weighted by Crippen LogP contribution is 2.29. The Labute approximate surface area is 259 Å². The van der Waals surface area contributed by atoms with Gasteiger partial charge in [-0.3, -0.25) is 4.79 Å². The minimum Gasteiger partial charge on any atom is -0.370 e. The lowest BCUT2D eigenvalue weighted by atomic mass is 9.95. The lowest BCUT2D eigenvalue weighted by Gasteiger charge is -2.41. The Bertz CT molecular complexity index is 1220. The van der Waals surface area contributed by atoms with E-state index in [2.05, 4.69) is 10.2 Å². The van der Waals surface area contributed by atoms with Crippen molar-refractivity contribution in [3.63, 3.8) is 0 Å². The first kappa shape index (κ1) is 34.7. The van der Waals surface area contributed by atoms with Crippen molar-refractivity contribution in [3.05, 3.63) is 71.3 Å². The quantitative estimate of drug-likeness (QED) is 0.172. The van der Waals surface area contributed by atoms with E-state index in [9.17, 15) is 31.5 Å². The molecular formula is C32H39F5N2O6. The number of nitrogens with zero attached hydrogens (tertiary/aromatic N) is 1. The number of carbonyl (C=O) groups is 2. The molecule has 2 aromatic carbocycles. The molecule has 4 atom stereocenters. The maximum absolute atomic E-state index is 14.2. The third kappa shape index (κ3) is 10.7. The van der Waals surface area contributed by atoms with Crippen LogP contribution in [0.2, 0.25) is 0 Å². The first-order valence-electron chi connectivity index (χ1n) is 15.2. The molecule has 1 aliphatic heterocycles. The Kier molecular flexibility index (Phi) is 12.7. The number of hydrogen-bond acceptors (Lipinski definition) is 7. The summed E-state index contributed by atoms with van der Waals surface area (Å²) < 4.78 is 86.1. The SMILES string of the molecule is CC(=O)N(OC(=O)C(F)(F)F)[C@@H](Cc1cc(F)cc(F)c1)[C@@H](OCc1ccccc1)[C@H]1CO[C@H](OCCCC2CCCC2)CN1. The minimum absolute atomic E-state index is 0.000296. The molecule has 1 aliphatic carbocycles. The first-order chi connectivity index (χ1) is 21.5. The van der Waals surface area contributed by atoms with E-state index in [4.69, 9.17) is 14.2 Å². The van der Waals surface area contributed by atoms with Gasteiger partial charge >= 0.3 is 12.1 Å². The number of benzene rings is 2. The third-order valence-electron chi connectivity index (χ3n) is 8.00. The number of nitrogens with one attached hydrogen (secondary N) is 1. The second-order valence-electron chi connectivity index (χ2n) is 11.5. The fraction of sp³-hybridized carbons (Fsp3) is 0.562. The van der Waals surface area contributed by atoms with Crippen LogP contribution in [0.3, 0.4) is 0 Å². The van der Waals surface area contributed by atoms with E-state index in [0.717, 1.165) is 37.8 Å². The minimum atomic E-state index is -5.42. The topological polar surface area (TPSA) is 86.3 Å². The van der Waals surface area contributed by atoms with Gasteiger partial charge in [0.25, 0.3) is 5.91 Å². The van der Waals surface area contributed by atoms with E-state index in [-0.39, 0.29) is 30.4 Å². The molecule has 0 bridgehead atoms. The van der Waals surface area contributed by atoms with Gasteiger partial charge in [0.05, 0.1) is 25.4 Å². The molecule has 2 aliphatic rings. The summed E-state index contributed by atoms with van der Waals surface area (Å²) in [5, 5.41) is 3.50. The Morgan fingerprint density at radius 1 is 1.04 bits per heavy atom. The molecule has 1 N–H and O–H groups in total. The van der Waals surface area contributed by atoms with Gasteiger partial charge in [0, 0.05) is 26.1 Å². The molecule has 13 heteroatoms. The number of halogens is 5. The molecule has 2 fully saturated rings. The van der Waals surface area contributed by atoms with Crippen molar-refractivity contribution in [1.29, 1.82) is 0 Å². The fourth-order valence-electron chi connectivity index (χ4n) is 5.85. The summed E-state index contributed by atoms with van der Waals surface area (Å²) in [4.78, 5) is 29.2. The van der Waals surface area contributed by atoms with E-state index < -0.39 is 60.6 Å². The van der Waals surface area contributed by atoms with Crippen molar-refractivity contribution in [2.75, 3.05) is 19.8 Å². The van der Waals surface area contributed by atoms with Gasteiger partial charge in [0.1, 0.15) is 17.7 Å². The van der Waals surface area contributed by atoms with Gasteiger partial charge < -0.3 is 24.4 Å². The number of ether oxygens (including phenoxy) is 3. The number of hydrogen-bond donors (Lipinski definition) is 1. The molecule has 0 radical (unpaired) electrons. The van der Waals surface area contributed by atoms with Crippen LogP contribution >= 0.6 is 0 Å². The van der Waals surface area contributed by atoms with Gasteiger partial charge in [0.2, 0.25) is 0 Å². The Morgan fingerprint density at radius 2 is 1.73 bits per heavy atom. The molecular weight excluding hydrogens is 603 g/mol. The number of rotatable bonds is 13. The molecule has 1 saturated carbocycles. The van der Waals surface area contributed by atoms with Crippen LogP contribution in [0.4, 0.5) is 22.0 Å². The highest BCUT2D eigenvalue weighted by atomic mass is 19.4.